The monoisotopic (exact) mass is 343 g/mol. The number of hydrogen-bond acceptors (Lipinski definition) is 2. The smallest absolute Gasteiger partial charge is 0.260 e. The molecule has 0 unspecified atom stereocenters. The number of carbonyl (C=O) groups excluding carboxylic acids is 1. The molecule has 2 aromatic rings. The number of nitrogens with zero attached hydrogens (tertiary/aromatic N) is 1. The maximum atomic E-state index is 12.6. The van der Waals surface area contributed by atoms with E-state index in [1.807, 2.05) is 42.2 Å². The number of hydrogen-bond donors (Lipinski definition) is 0. The third kappa shape index (κ3) is 4.75. The fraction of sp³-hybridized carbons (Fsp3) is 0.350. The Morgan fingerprint density at radius 3 is 2.62 bits per heavy atom. The predicted octanol–water partition coefficient (Wildman–Crippen LogP) is 4.47. The van der Waals surface area contributed by atoms with Gasteiger partial charge in [0.1, 0.15) is 5.75 Å². The Morgan fingerprint density at radius 2 is 1.96 bits per heavy atom. The van der Waals surface area contributed by atoms with Gasteiger partial charge in [-0.2, -0.15) is 0 Å². The van der Waals surface area contributed by atoms with E-state index in [0.29, 0.717) is 23.2 Å². The van der Waals surface area contributed by atoms with Crippen molar-refractivity contribution in [2.45, 2.75) is 26.3 Å². The molecule has 2 aromatic carbocycles. The third-order valence-electron chi connectivity index (χ3n) is 4.23. The van der Waals surface area contributed by atoms with Gasteiger partial charge in [0.05, 0.1) is 0 Å². The zero-order valence-corrected chi connectivity index (χ0v) is 14.6. The summed E-state index contributed by atoms with van der Waals surface area (Å²) in [6.07, 6.45) is 2.44. The lowest BCUT2D eigenvalue weighted by molar-refractivity contribution is -0.134. The van der Waals surface area contributed by atoms with Crippen molar-refractivity contribution in [2.75, 3.05) is 13.2 Å². The Labute approximate surface area is 148 Å². The van der Waals surface area contributed by atoms with Crippen LogP contribution in [0.5, 0.6) is 5.75 Å². The van der Waals surface area contributed by atoms with E-state index >= 15 is 0 Å². The van der Waals surface area contributed by atoms with Crippen LogP contribution in [0.15, 0.2) is 48.5 Å². The minimum Gasteiger partial charge on any atom is -0.483 e. The largest absolute Gasteiger partial charge is 0.483 e. The van der Waals surface area contributed by atoms with Gasteiger partial charge < -0.3 is 9.64 Å². The highest BCUT2D eigenvalue weighted by atomic mass is 35.5. The number of halogens is 1. The molecule has 0 atom stereocenters. The molecule has 4 heteroatoms. The summed E-state index contributed by atoms with van der Waals surface area (Å²) in [5.41, 5.74) is 2.08. The second-order valence-electron chi connectivity index (χ2n) is 6.40. The molecule has 1 saturated carbocycles. The van der Waals surface area contributed by atoms with E-state index in [-0.39, 0.29) is 12.5 Å². The van der Waals surface area contributed by atoms with E-state index in [2.05, 4.69) is 12.1 Å². The van der Waals surface area contributed by atoms with Crippen molar-refractivity contribution >= 4 is 17.5 Å². The van der Waals surface area contributed by atoms with Crippen molar-refractivity contribution in [3.8, 4) is 5.75 Å². The fourth-order valence-corrected chi connectivity index (χ4v) is 2.90. The molecule has 0 aromatic heterocycles. The first kappa shape index (κ1) is 16.8. The standard InChI is InChI=1S/C20H22ClNO2/c1-15-11-18(21)9-10-19(15)24-14-20(23)22(13-17-7-8-17)12-16-5-3-2-4-6-16/h2-6,9-11,17H,7-8,12-14H2,1H3. The Kier molecular flexibility index (Phi) is 5.41. The molecule has 0 saturated heterocycles. The minimum atomic E-state index is 0.0279. The van der Waals surface area contributed by atoms with Crippen molar-refractivity contribution in [1.82, 2.24) is 4.90 Å². The fourth-order valence-electron chi connectivity index (χ4n) is 2.68. The molecule has 0 radical (unpaired) electrons. The summed E-state index contributed by atoms with van der Waals surface area (Å²) < 4.78 is 5.72. The van der Waals surface area contributed by atoms with Crippen molar-refractivity contribution in [3.63, 3.8) is 0 Å². The molecule has 3 nitrogen and oxygen atoms in total. The van der Waals surface area contributed by atoms with Gasteiger partial charge in [-0.1, -0.05) is 41.9 Å². The van der Waals surface area contributed by atoms with Gasteiger partial charge in [-0.15, -0.1) is 0 Å². The Morgan fingerprint density at radius 1 is 1.21 bits per heavy atom. The molecule has 1 fully saturated rings. The van der Waals surface area contributed by atoms with Crippen molar-refractivity contribution in [2.24, 2.45) is 5.92 Å². The van der Waals surface area contributed by atoms with Crippen LogP contribution in [0.25, 0.3) is 0 Å². The van der Waals surface area contributed by atoms with Gasteiger partial charge in [-0.25, -0.2) is 0 Å². The minimum absolute atomic E-state index is 0.0279. The van der Waals surface area contributed by atoms with Crippen LogP contribution >= 0.6 is 11.6 Å². The first-order chi connectivity index (χ1) is 11.6. The summed E-state index contributed by atoms with van der Waals surface area (Å²) in [7, 11) is 0. The second kappa shape index (κ2) is 7.71. The summed E-state index contributed by atoms with van der Waals surface area (Å²) in [6.45, 7) is 3.44. The second-order valence-corrected chi connectivity index (χ2v) is 6.84. The number of carbonyl (C=O) groups is 1. The average Bonchev–Trinajstić information content (AvgIpc) is 3.38. The number of amides is 1. The van der Waals surface area contributed by atoms with Gasteiger partial charge in [0.15, 0.2) is 6.61 Å². The molecule has 3 rings (SSSR count). The van der Waals surface area contributed by atoms with E-state index in [0.717, 1.165) is 17.7 Å². The van der Waals surface area contributed by atoms with Crippen molar-refractivity contribution in [1.29, 1.82) is 0 Å². The number of benzene rings is 2. The summed E-state index contributed by atoms with van der Waals surface area (Å²) in [4.78, 5) is 14.6. The molecule has 0 bridgehead atoms. The Bertz CT molecular complexity index is 698. The zero-order chi connectivity index (χ0) is 16.9. The maximum Gasteiger partial charge on any atom is 0.260 e. The summed E-state index contributed by atoms with van der Waals surface area (Å²) in [5, 5.41) is 0.672. The van der Waals surface area contributed by atoms with Gasteiger partial charge >= 0.3 is 0 Å². The van der Waals surface area contributed by atoms with Crippen molar-refractivity contribution < 1.29 is 9.53 Å². The SMILES string of the molecule is Cc1cc(Cl)ccc1OCC(=O)N(Cc1ccccc1)CC1CC1. The maximum absolute atomic E-state index is 12.6. The van der Waals surface area contributed by atoms with Gasteiger partial charge in [0, 0.05) is 18.1 Å². The normalized spacial score (nSPS) is 13.6. The van der Waals surface area contributed by atoms with Gasteiger partial charge in [0.25, 0.3) is 5.91 Å². The van der Waals surface area contributed by atoms with E-state index < -0.39 is 0 Å². The quantitative estimate of drug-likeness (QED) is 0.742. The van der Waals surface area contributed by atoms with E-state index in [1.165, 1.54) is 12.8 Å². The highest BCUT2D eigenvalue weighted by Crippen LogP contribution is 2.30. The molecule has 0 N–H and O–H groups in total. The van der Waals surface area contributed by atoms with E-state index in [4.69, 9.17) is 16.3 Å². The van der Waals surface area contributed by atoms with E-state index in [1.54, 1.807) is 6.07 Å². The molecule has 1 amide bonds. The zero-order valence-electron chi connectivity index (χ0n) is 13.9. The van der Waals surface area contributed by atoms with Crippen LogP contribution in [0.1, 0.15) is 24.0 Å². The van der Waals surface area contributed by atoms with E-state index in [9.17, 15) is 4.79 Å². The highest BCUT2D eigenvalue weighted by Gasteiger charge is 2.27. The topological polar surface area (TPSA) is 29.5 Å². The number of rotatable bonds is 7. The van der Waals surface area contributed by atoms with Crippen molar-refractivity contribution in [3.05, 3.63) is 64.7 Å². The molecule has 0 heterocycles. The average molecular weight is 344 g/mol. The Balaban J connectivity index is 1.62. The number of ether oxygens (including phenoxy) is 1. The molecule has 1 aliphatic rings. The van der Waals surface area contributed by atoms with Crippen LogP contribution in [0.4, 0.5) is 0 Å². The Hall–Kier alpha value is -2.00. The molecular formula is C20H22ClNO2. The molecule has 0 spiro atoms. The molecule has 126 valence electrons. The first-order valence-corrected chi connectivity index (χ1v) is 8.70. The van der Waals surface area contributed by atoms with Crippen LogP contribution < -0.4 is 4.74 Å². The lowest BCUT2D eigenvalue weighted by Gasteiger charge is -2.23. The third-order valence-corrected chi connectivity index (χ3v) is 4.47. The first-order valence-electron chi connectivity index (χ1n) is 8.32. The van der Waals surface area contributed by atoms with Crippen LogP contribution in [0.3, 0.4) is 0 Å². The van der Waals surface area contributed by atoms with Crippen LogP contribution in [-0.2, 0) is 11.3 Å². The van der Waals surface area contributed by atoms with Crippen LogP contribution in [0.2, 0.25) is 5.02 Å². The summed E-state index contributed by atoms with van der Waals surface area (Å²) in [6, 6.07) is 15.5. The van der Waals surface area contributed by atoms with Gasteiger partial charge in [-0.05, 0) is 55.0 Å². The lowest BCUT2D eigenvalue weighted by Crippen LogP contribution is -2.36. The molecule has 1 aliphatic carbocycles. The van der Waals surface area contributed by atoms with Gasteiger partial charge in [0.2, 0.25) is 0 Å². The highest BCUT2D eigenvalue weighted by molar-refractivity contribution is 6.30. The summed E-state index contributed by atoms with van der Waals surface area (Å²) in [5.74, 6) is 1.38. The number of aryl methyl sites for hydroxylation is 1. The van der Waals surface area contributed by atoms with Crippen LogP contribution in [-0.4, -0.2) is 24.0 Å². The molecule has 0 aliphatic heterocycles. The predicted molar refractivity (Wildman–Crippen MR) is 96.3 cm³/mol. The summed E-state index contributed by atoms with van der Waals surface area (Å²) >= 11 is 5.95. The lowest BCUT2D eigenvalue weighted by atomic mass is 10.2. The molecular weight excluding hydrogens is 322 g/mol. The molecule has 24 heavy (non-hydrogen) atoms. The van der Waals surface area contributed by atoms with Crippen LogP contribution in [0, 0.1) is 12.8 Å². The van der Waals surface area contributed by atoms with Gasteiger partial charge in [-0.3, -0.25) is 4.79 Å².